The third-order valence-corrected chi connectivity index (χ3v) is 7.83. The lowest BCUT2D eigenvalue weighted by Crippen LogP contribution is -2.83. The van der Waals surface area contributed by atoms with Gasteiger partial charge in [0, 0.05) is 0 Å². The number of hydrogen-bond donors (Lipinski definition) is 5. The van der Waals surface area contributed by atoms with Crippen molar-refractivity contribution in [3.05, 3.63) is 55.9 Å². The molecule has 1 aromatic carbocycles. The van der Waals surface area contributed by atoms with E-state index in [1.807, 2.05) is 0 Å². The molecule has 36 heavy (non-hydrogen) atoms. The van der Waals surface area contributed by atoms with Gasteiger partial charge in [-0.25, -0.2) is 0 Å². The Labute approximate surface area is 205 Å². The topological polar surface area (TPSA) is 164 Å². The maximum atomic E-state index is 14.2. The largest absolute Gasteiger partial charge is 0.508 e. The first kappa shape index (κ1) is 25.1. The van der Waals surface area contributed by atoms with Crippen molar-refractivity contribution in [2.45, 2.75) is 48.6 Å². The van der Waals surface area contributed by atoms with E-state index in [-0.39, 0.29) is 11.1 Å². The van der Waals surface area contributed by atoms with Gasteiger partial charge in [-0.2, -0.15) is 0 Å². The molecule has 0 heterocycles. The maximum absolute atomic E-state index is 14.2. The molecule has 1 saturated carbocycles. The minimum atomic E-state index is -3.30. The number of rotatable bonds is 2. The molecule has 0 amide bonds. The van der Waals surface area contributed by atoms with Gasteiger partial charge in [0.25, 0.3) is 18.7 Å². The van der Waals surface area contributed by atoms with E-state index in [1.54, 1.807) is 0 Å². The van der Waals surface area contributed by atoms with Gasteiger partial charge in [0.2, 0.25) is 11.9 Å². The molecule has 0 radical (unpaired) electrons. The van der Waals surface area contributed by atoms with Crippen molar-refractivity contribution in [3.8, 4) is 18.9 Å². The van der Waals surface area contributed by atoms with Gasteiger partial charge in [0.1, 0.15) is 22.7 Å². The summed E-state index contributed by atoms with van der Waals surface area (Å²) in [7, 11) is 2.72. The molecule has 0 aromatic heterocycles. The Hall–Kier alpha value is -4.03. The third-order valence-electron chi connectivity index (χ3n) is 7.83. The Balaban J connectivity index is 2.27. The number of aliphatic hydroxyl groups is 4. The zero-order valence-corrected chi connectivity index (χ0v) is 19.9. The van der Waals surface area contributed by atoms with Gasteiger partial charge >= 0.3 is 11.1 Å². The van der Waals surface area contributed by atoms with Crippen molar-refractivity contribution < 1.29 is 39.9 Å². The zero-order chi connectivity index (χ0) is 27.1. The van der Waals surface area contributed by atoms with Crippen molar-refractivity contribution in [2.75, 3.05) is 14.1 Å². The number of phenolic OH excluding ortho intramolecular Hbond substituents is 1. The highest BCUT2D eigenvalue weighted by Gasteiger charge is 2.91. The number of hydrogen-bond acceptors (Lipinski definition) is 9. The number of carbonyl (C=O) groups is 3. The molecule has 3 aliphatic carbocycles. The Morgan fingerprint density at radius 1 is 1.11 bits per heavy atom. The summed E-state index contributed by atoms with van der Waals surface area (Å²) in [5.41, 5.74) is -9.86. The van der Waals surface area contributed by atoms with Gasteiger partial charge in [0.15, 0.2) is 23.4 Å². The fourth-order valence-electron chi connectivity index (χ4n) is 6.23. The van der Waals surface area contributed by atoms with Crippen LogP contribution in [0.1, 0.15) is 30.9 Å². The number of carbonyl (C=O) groups excluding carboxylic acids is 3. The van der Waals surface area contributed by atoms with Crippen LogP contribution in [0, 0.1) is 13.1 Å². The molecule has 186 valence electrons. The molecule has 1 fully saturated rings. The van der Waals surface area contributed by atoms with Crippen molar-refractivity contribution in [3.63, 3.8) is 0 Å². The molecule has 0 unspecified atom stereocenters. The SMILES string of the molecule is C#[N+][C@]12C(=C(O)c3c(O)cccc3[C@@H]1C)C(=O)[C@]1(O)C(O)=C(C(C)=O)C(=O)[C@@H](N(C)C)[C@]1([N+]#C)[C@H]2O. The summed E-state index contributed by atoms with van der Waals surface area (Å²) in [6.07, 6.45) is -2.21. The van der Waals surface area contributed by atoms with Crippen LogP contribution >= 0.6 is 0 Å². The first-order valence-corrected chi connectivity index (χ1v) is 10.9. The summed E-state index contributed by atoms with van der Waals surface area (Å²) in [6, 6.07) is 2.47. The van der Waals surface area contributed by atoms with Crippen molar-refractivity contribution in [1.29, 1.82) is 0 Å². The number of nitrogens with zero attached hydrogens (tertiary/aromatic N) is 3. The fourth-order valence-corrected chi connectivity index (χ4v) is 6.23. The van der Waals surface area contributed by atoms with E-state index in [0.29, 0.717) is 0 Å². The second kappa shape index (κ2) is 7.48. The summed E-state index contributed by atoms with van der Waals surface area (Å²) in [6.45, 7) is 14.0. The molecule has 0 spiro atoms. The molecule has 3 aliphatic rings. The molecule has 0 aliphatic heterocycles. The van der Waals surface area contributed by atoms with Crippen molar-refractivity contribution >= 4 is 23.1 Å². The number of Topliss-reactive ketones (excluding diaryl/α,β-unsaturated/α-hetero) is 3. The highest BCUT2D eigenvalue weighted by molar-refractivity contribution is 6.26. The van der Waals surface area contributed by atoms with Crippen LogP contribution in [0.4, 0.5) is 0 Å². The Morgan fingerprint density at radius 3 is 2.22 bits per heavy atom. The van der Waals surface area contributed by atoms with Crippen LogP contribution < -0.4 is 0 Å². The van der Waals surface area contributed by atoms with Crippen LogP contribution in [0.2, 0.25) is 0 Å². The minimum Gasteiger partial charge on any atom is -0.508 e. The van der Waals surface area contributed by atoms with E-state index in [4.69, 9.17) is 13.1 Å². The molecule has 1 aromatic rings. The molecule has 0 bridgehead atoms. The van der Waals surface area contributed by atoms with E-state index < -0.39 is 80.5 Å². The molecule has 6 atom stereocenters. The lowest BCUT2D eigenvalue weighted by molar-refractivity contribution is -0.168. The van der Waals surface area contributed by atoms with E-state index in [1.165, 1.54) is 44.1 Å². The number of aromatic hydroxyl groups is 1. The smallest absolute Gasteiger partial charge is 0.379 e. The van der Waals surface area contributed by atoms with Crippen LogP contribution in [0.25, 0.3) is 15.4 Å². The molecule has 4 rings (SSSR count). The summed E-state index contributed by atoms with van der Waals surface area (Å²) in [4.78, 5) is 48.7. The van der Waals surface area contributed by atoms with Gasteiger partial charge < -0.3 is 25.5 Å². The maximum Gasteiger partial charge on any atom is 0.379 e. The highest BCUT2D eigenvalue weighted by atomic mass is 16.4. The monoisotopic (exact) mass is 495 g/mol. The van der Waals surface area contributed by atoms with Gasteiger partial charge in [-0.15, -0.1) is 0 Å². The van der Waals surface area contributed by atoms with Crippen LogP contribution in [0.3, 0.4) is 0 Å². The molecule has 11 heteroatoms. The summed E-state index contributed by atoms with van der Waals surface area (Å²) >= 11 is 0. The normalized spacial score (nSPS) is 35.5. The lowest BCUT2D eigenvalue weighted by Gasteiger charge is -2.51. The standard InChI is InChI=1S/C25H23N3O8/c1-10-12-8-7-9-13(30)15(12)17(31)16-21(34)25(36)20(33)14(11(2)29)18(32)19(28(5)6)24(25,27-4)22(35)23(10,16)26-3/h3-4,7-10,19,22,35-36H,1-2,5-6H3,(H-2,29,30,31,32,33,34)/p+2/t10-,19+,22-,23-,24-,25+/m0/s1. The van der Waals surface area contributed by atoms with Gasteiger partial charge in [-0.3, -0.25) is 19.3 Å². The molecule has 0 saturated heterocycles. The number of aliphatic hydroxyl groups excluding tert-OH is 3. The van der Waals surface area contributed by atoms with Gasteiger partial charge in [0.05, 0.1) is 11.5 Å². The van der Waals surface area contributed by atoms with E-state index in [2.05, 4.69) is 9.69 Å². The number of benzene rings is 1. The Morgan fingerprint density at radius 2 is 1.72 bits per heavy atom. The van der Waals surface area contributed by atoms with Gasteiger partial charge in [-0.05, 0) is 39.6 Å². The van der Waals surface area contributed by atoms with Crippen LogP contribution in [-0.2, 0) is 14.4 Å². The van der Waals surface area contributed by atoms with Crippen molar-refractivity contribution in [1.82, 2.24) is 4.90 Å². The van der Waals surface area contributed by atoms with Crippen LogP contribution in [0.15, 0.2) is 35.1 Å². The zero-order valence-electron chi connectivity index (χ0n) is 19.9. The molecular weight excluding hydrogens is 470 g/mol. The van der Waals surface area contributed by atoms with Crippen LogP contribution in [-0.4, -0.2) is 90.7 Å². The van der Waals surface area contributed by atoms with Crippen molar-refractivity contribution in [2.24, 2.45) is 0 Å². The third kappa shape index (κ3) is 2.37. The van der Waals surface area contributed by atoms with E-state index in [0.717, 1.165) is 6.92 Å². The summed E-state index contributed by atoms with van der Waals surface area (Å²) in [5.74, 6) is -7.18. The quantitative estimate of drug-likeness (QED) is 0.373. The summed E-state index contributed by atoms with van der Waals surface area (Å²) < 4.78 is 0. The highest BCUT2D eigenvalue weighted by Crippen LogP contribution is 2.62. The first-order chi connectivity index (χ1) is 16.7. The number of ketones is 3. The average Bonchev–Trinajstić information content (AvgIpc) is 2.81. The predicted octanol–water partition coefficient (Wildman–Crippen LogP) is 0.770. The van der Waals surface area contributed by atoms with E-state index in [9.17, 15) is 39.9 Å². The molecule has 11 nitrogen and oxygen atoms in total. The first-order valence-electron chi connectivity index (χ1n) is 10.9. The second-order valence-electron chi connectivity index (χ2n) is 9.55. The van der Waals surface area contributed by atoms with Gasteiger partial charge in [-0.1, -0.05) is 21.8 Å². The molecule has 5 N–H and O–H groups in total. The predicted molar refractivity (Wildman–Crippen MR) is 127 cm³/mol. The lowest BCUT2D eigenvalue weighted by atomic mass is 9.47. The second-order valence-corrected chi connectivity index (χ2v) is 9.55. The Kier molecular flexibility index (Phi) is 5.21. The fraction of sp³-hybridized carbons (Fsp3) is 0.400. The minimum absolute atomic E-state index is 0.174. The Bertz CT molecular complexity index is 1410. The number of likely N-dealkylation sites (N-methyl/N-ethyl adjacent to an activating group) is 1. The van der Waals surface area contributed by atoms with E-state index >= 15 is 0 Å². The molecular formula is C25H25N3O8+2. The number of fused-ring (bicyclic) bond motifs is 3. The average molecular weight is 495 g/mol. The van der Waals surface area contributed by atoms with Crippen LogP contribution in [0.5, 0.6) is 5.75 Å². The summed E-state index contributed by atoms with van der Waals surface area (Å²) in [5, 5.41) is 56.8. The number of phenols is 1.